The molecule has 3 aromatic carbocycles. The molecule has 2 aliphatic rings. The van der Waals surface area contributed by atoms with Crippen LogP contribution in [-0.4, -0.2) is 15.0 Å². The number of benzene rings is 3. The molecule has 34 heavy (non-hydrogen) atoms. The van der Waals surface area contributed by atoms with Gasteiger partial charge in [-0.1, -0.05) is 41.4 Å². The minimum atomic E-state index is -3.75. The van der Waals surface area contributed by atoms with Gasteiger partial charge in [-0.05, 0) is 85.0 Å². The highest BCUT2D eigenvalue weighted by atomic mass is 35.5. The second-order valence-electron chi connectivity index (χ2n) is 8.46. The summed E-state index contributed by atoms with van der Waals surface area (Å²) in [5.41, 5.74) is 3.44. The number of allylic oxidation sites excluding steroid dienone is 2. The molecule has 1 heterocycles. The molecule has 8 heteroatoms. The fourth-order valence-corrected chi connectivity index (χ4v) is 6.18. The molecule has 3 aromatic rings. The van der Waals surface area contributed by atoms with E-state index in [0.29, 0.717) is 28.1 Å². The number of anilines is 2. The van der Waals surface area contributed by atoms with Crippen molar-refractivity contribution in [2.45, 2.75) is 30.2 Å². The van der Waals surface area contributed by atoms with Gasteiger partial charge in [0.15, 0.2) is 0 Å². The van der Waals surface area contributed by atoms with E-state index in [9.17, 15) is 8.42 Å². The Morgan fingerprint density at radius 2 is 1.82 bits per heavy atom. The van der Waals surface area contributed by atoms with Crippen molar-refractivity contribution in [3.8, 4) is 5.75 Å². The molecule has 0 spiro atoms. The fourth-order valence-electron chi connectivity index (χ4n) is 4.78. The molecule has 2 N–H and O–H groups in total. The predicted octanol–water partition coefficient (Wildman–Crippen LogP) is 7.02. The molecule has 0 bridgehead atoms. The predicted molar refractivity (Wildman–Crippen MR) is 138 cm³/mol. The molecule has 1 aliphatic heterocycles. The summed E-state index contributed by atoms with van der Waals surface area (Å²) in [5.74, 6) is 1.05. The Morgan fingerprint density at radius 1 is 1.03 bits per heavy atom. The van der Waals surface area contributed by atoms with Crippen LogP contribution < -0.4 is 14.8 Å². The first-order valence-corrected chi connectivity index (χ1v) is 13.4. The van der Waals surface area contributed by atoms with Crippen LogP contribution >= 0.6 is 23.2 Å². The minimum absolute atomic E-state index is 0.0479. The van der Waals surface area contributed by atoms with Gasteiger partial charge in [0.05, 0.1) is 27.6 Å². The molecule has 5 nitrogen and oxygen atoms in total. The van der Waals surface area contributed by atoms with Crippen LogP contribution in [0.3, 0.4) is 0 Å². The van der Waals surface area contributed by atoms with Crippen LogP contribution in [-0.2, 0) is 10.0 Å². The lowest BCUT2D eigenvalue weighted by Crippen LogP contribution is -2.29. The molecular weight excluding hydrogens is 491 g/mol. The third-order valence-corrected chi connectivity index (χ3v) is 8.48. The summed E-state index contributed by atoms with van der Waals surface area (Å²) in [6, 6.07) is 17.9. The molecule has 0 saturated carbocycles. The van der Waals surface area contributed by atoms with Crippen LogP contribution in [0.15, 0.2) is 77.7 Å². The summed E-state index contributed by atoms with van der Waals surface area (Å²) < 4.78 is 34.4. The highest BCUT2D eigenvalue weighted by molar-refractivity contribution is 7.92. The van der Waals surface area contributed by atoms with Crippen molar-refractivity contribution in [2.75, 3.05) is 16.6 Å². The number of nitrogens with one attached hydrogen (secondary N) is 2. The van der Waals surface area contributed by atoms with E-state index in [0.717, 1.165) is 23.2 Å². The number of ether oxygens (including phenoxy) is 1. The summed E-state index contributed by atoms with van der Waals surface area (Å²) in [5, 5.41) is 4.66. The Labute approximate surface area is 209 Å². The van der Waals surface area contributed by atoms with Gasteiger partial charge in [-0.25, -0.2) is 8.42 Å². The van der Waals surface area contributed by atoms with E-state index in [-0.39, 0.29) is 22.8 Å². The lowest BCUT2D eigenvalue weighted by atomic mass is 9.77. The quantitative estimate of drug-likeness (QED) is 0.346. The summed E-state index contributed by atoms with van der Waals surface area (Å²) in [7, 11) is -3.75. The first kappa shape index (κ1) is 23.1. The van der Waals surface area contributed by atoms with Gasteiger partial charge in [0.2, 0.25) is 0 Å². The Kier molecular flexibility index (Phi) is 6.23. The van der Waals surface area contributed by atoms with Crippen molar-refractivity contribution >= 4 is 44.6 Å². The van der Waals surface area contributed by atoms with Gasteiger partial charge in [0, 0.05) is 17.3 Å². The van der Waals surface area contributed by atoms with Crippen LogP contribution in [0.2, 0.25) is 10.0 Å². The molecule has 0 fully saturated rings. The monoisotopic (exact) mass is 514 g/mol. The van der Waals surface area contributed by atoms with E-state index >= 15 is 0 Å². The Bertz CT molecular complexity index is 1360. The molecule has 5 rings (SSSR count). The normalized spacial score (nSPS) is 20.9. The van der Waals surface area contributed by atoms with Crippen molar-refractivity contribution in [2.24, 2.45) is 5.92 Å². The van der Waals surface area contributed by atoms with Crippen LogP contribution in [0.25, 0.3) is 0 Å². The smallest absolute Gasteiger partial charge is 0.261 e. The van der Waals surface area contributed by atoms with Crippen LogP contribution in [0.1, 0.15) is 36.4 Å². The summed E-state index contributed by atoms with van der Waals surface area (Å²) in [6.07, 6.45) is 5.23. The van der Waals surface area contributed by atoms with Gasteiger partial charge in [-0.3, -0.25) is 4.72 Å². The Balaban J connectivity index is 1.44. The number of hydrogen-bond acceptors (Lipinski definition) is 4. The largest absolute Gasteiger partial charge is 0.494 e. The van der Waals surface area contributed by atoms with E-state index in [1.807, 2.05) is 31.2 Å². The summed E-state index contributed by atoms with van der Waals surface area (Å²) >= 11 is 12.4. The van der Waals surface area contributed by atoms with Crippen LogP contribution in [0, 0.1) is 5.92 Å². The zero-order chi connectivity index (χ0) is 23.9. The minimum Gasteiger partial charge on any atom is -0.494 e. The average Bonchev–Trinajstić information content (AvgIpc) is 3.32. The summed E-state index contributed by atoms with van der Waals surface area (Å²) in [6.45, 7) is 2.45. The average molecular weight is 515 g/mol. The topological polar surface area (TPSA) is 67.4 Å². The lowest BCUT2D eigenvalue weighted by Gasteiger charge is -2.37. The van der Waals surface area contributed by atoms with E-state index < -0.39 is 10.0 Å². The van der Waals surface area contributed by atoms with Crippen molar-refractivity contribution in [3.63, 3.8) is 0 Å². The van der Waals surface area contributed by atoms with E-state index in [2.05, 4.69) is 22.2 Å². The molecule has 3 atom stereocenters. The number of sulfonamides is 1. The van der Waals surface area contributed by atoms with Gasteiger partial charge in [-0.2, -0.15) is 0 Å². The van der Waals surface area contributed by atoms with Gasteiger partial charge in [0.25, 0.3) is 10.0 Å². The number of rotatable bonds is 6. The molecular formula is C26H24Cl2N2O3S. The van der Waals surface area contributed by atoms with Crippen molar-refractivity contribution in [3.05, 3.63) is 94.0 Å². The van der Waals surface area contributed by atoms with Crippen LogP contribution in [0.5, 0.6) is 5.75 Å². The fraction of sp³-hybridized carbons (Fsp3) is 0.231. The van der Waals surface area contributed by atoms with Gasteiger partial charge in [0.1, 0.15) is 5.75 Å². The van der Waals surface area contributed by atoms with E-state index in [1.54, 1.807) is 36.4 Å². The number of fused-ring (bicyclic) bond motifs is 3. The van der Waals surface area contributed by atoms with E-state index in [1.165, 1.54) is 0 Å². The molecule has 176 valence electrons. The lowest BCUT2D eigenvalue weighted by molar-refractivity contribution is 0.340. The van der Waals surface area contributed by atoms with Crippen molar-refractivity contribution in [1.29, 1.82) is 0 Å². The summed E-state index contributed by atoms with van der Waals surface area (Å²) in [4.78, 5) is 0.231. The highest BCUT2D eigenvalue weighted by Gasteiger charge is 2.38. The number of halogens is 2. The van der Waals surface area contributed by atoms with Gasteiger partial charge >= 0.3 is 0 Å². The van der Waals surface area contributed by atoms with Crippen LogP contribution in [0.4, 0.5) is 11.4 Å². The second-order valence-corrected chi connectivity index (χ2v) is 11.0. The first-order chi connectivity index (χ1) is 16.4. The maximum absolute atomic E-state index is 13.1. The third kappa shape index (κ3) is 4.38. The second kappa shape index (κ2) is 9.17. The molecule has 0 radical (unpaired) electrons. The Morgan fingerprint density at radius 3 is 2.56 bits per heavy atom. The Hall–Kier alpha value is -2.67. The SMILES string of the molecule is CCOc1ccc(NS(=O)(=O)c2ccc3c(c2)[C@H]2C=CC[C@H]2[C@@H](c2ccc(Cl)c(Cl)c2)N3)cc1. The maximum Gasteiger partial charge on any atom is 0.261 e. The number of hydrogen-bond donors (Lipinski definition) is 2. The molecule has 0 aromatic heterocycles. The highest BCUT2D eigenvalue weighted by Crippen LogP contribution is 2.50. The van der Waals surface area contributed by atoms with E-state index in [4.69, 9.17) is 27.9 Å². The first-order valence-electron chi connectivity index (χ1n) is 11.1. The van der Waals surface area contributed by atoms with Crippen molar-refractivity contribution < 1.29 is 13.2 Å². The standard InChI is InChI=1S/C26H24Cl2N2O3S/c1-2-33-18-9-7-17(8-10-18)30-34(31,32)19-11-13-25-22(15-19)20-4-3-5-21(20)26(29-25)16-6-12-23(27)24(28)14-16/h3-4,6-15,20-21,26,29-30H,2,5H2,1H3/t20-,21+,26+/m0/s1. The molecule has 0 amide bonds. The molecule has 0 unspecified atom stereocenters. The van der Waals surface area contributed by atoms with Gasteiger partial charge < -0.3 is 10.1 Å². The zero-order valence-corrected chi connectivity index (χ0v) is 20.8. The zero-order valence-electron chi connectivity index (χ0n) is 18.5. The molecule has 0 saturated heterocycles. The van der Waals surface area contributed by atoms with Crippen molar-refractivity contribution in [1.82, 2.24) is 0 Å². The molecule has 1 aliphatic carbocycles. The van der Waals surface area contributed by atoms with Gasteiger partial charge in [-0.15, -0.1) is 0 Å². The maximum atomic E-state index is 13.1. The third-order valence-electron chi connectivity index (χ3n) is 6.36.